The third kappa shape index (κ3) is 5.07. The minimum atomic E-state index is -1.25. The SMILES string of the molecule is O=C(O)C[C@H](N=C/C=C/c1ccccc1)C(=O)O. The molecule has 0 fully saturated rings. The highest BCUT2D eigenvalue weighted by molar-refractivity contribution is 5.85. The molecule has 18 heavy (non-hydrogen) atoms. The van der Waals surface area contributed by atoms with Gasteiger partial charge in [-0.25, -0.2) is 4.79 Å². The molecule has 94 valence electrons. The number of benzene rings is 1. The Labute approximate surface area is 104 Å². The first-order valence-corrected chi connectivity index (χ1v) is 5.29. The van der Waals surface area contributed by atoms with Crippen LogP contribution in [0.3, 0.4) is 0 Å². The largest absolute Gasteiger partial charge is 0.481 e. The number of nitrogens with zero attached hydrogens (tertiary/aromatic N) is 1. The predicted molar refractivity (Wildman–Crippen MR) is 67.6 cm³/mol. The summed E-state index contributed by atoms with van der Waals surface area (Å²) in [5, 5.41) is 17.2. The van der Waals surface area contributed by atoms with E-state index in [9.17, 15) is 9.59 Å². The topological polar surface area (TPSA) is 87.0 Å². The molecular formula is C13H13NO4. The van der Waals surface area contributed by atoms with Crippen molar-refractivity contribution in [3.63, 3.8) is 0 Å². The fraction of sp³-hybridized carbons (Fsp3) is 0.154. The van der Waals surface area contributed by atoms with Crippen LogP contribution < -0.4 is 0 Å². The van der Waals surface area contributed by atoms with Crippen LogP contribution in [-0.2, 0) is 9.59 Å². The molecule has 0 aromatic heterocycles. The molecule has 0 aliphatic carbocycles. The number of aliphatic imine (C=N–C) groups is 1. The van der Waals surface area contributed by atoms with Crippen LogP contribution in [0, 0.1) is 0 Å². The van der Waals surface area contributed by atoms with Gasteiger partial charge in [-0.15, -0.1) is 0 Å². The maximum atomic E-state index is 10.7. The molecule has 1 atom stereocenters. The fourth-order valence-electron chi connectivity index (χ4n) is 1.24. The fourth-order valence-corrected chi connectivity index (χ4v) is 1.24. The van der Waals surface area contributed by atoms with Crippen molar-refractivity contribution in [2.75, 3.05) is 0 Å². The van der Waals surface area contributed by atoms with Crippen LogP contribution in [0.15, 0.2) is 41.4 Å². The van der Waals surface area contributed by atoms with E-state index in [2.05, 4.69) is 4.99 Å². The molecule has 5 heteroatoms. The Bertz CT molecular complexity index is 465. The molecule has 5 nitrogen and oxygen atoms in total. The summed E-state index contributed by atoms with van der Waals surface area (Å²) < 4.78 is 0. The van der Waals surface area contributed by atoms with Crippen molar-refractivity contribution in [2.45, 2.75) is 12.5 Å². The first-order valence-electron chi connectivity index (χ1n) is 5.29. The van der Waals surface area contributed by atoms with E-state index in [1.54, 1.807) is 12.2 Å². The van der Waals surface area contributed by atoms with Gasteiger partial charge < -0.3 is 10.2 Å². The van der Waals surface area contributed by atoms with E-state index in [0.717, 1.165) is 5.56 Å². The second-order valence-electron chi connectivity index (χ2n) is 3.52. The number of carbonyl (C=O) groups is 2. The lowest BCUT2D eigenvalue weighted by Crippen LogP contribution is -2.21. The lowest BCUT2D eigenvalue weighted by Gasteiger charge is -2.01. The molecule has 1 aromatic carbocycles. The Balaban J connectivity index is 2.59. The van der Waals surface area contributed by atoms with Crippen molar-refractivity contribution in [1.29, 1.82) is 0 Å². The maximum Gasteiger partial charge on any atom is 0.329 e. The number of carboxylic acid groups (broad SMARTS) is 2. The molecule has 0 spiro atoms. The first kappa shape index (κ1) is 13.6. The van der Waals surface area contributed by atoms with Gasteiger partial charge >= 0.3 is 11.9 Å². The van der Waals surface area contributed by atoms with Crippen molar-refractivity contribution < 1.29 is 19.8 Å². The Morgan fingerprint density at radius 1 is 1.22 bits per heavy atom. The Kier molecular flexibility index (Phi) is 5.31. The summed E-state index contributed by atoms with van der Waals surface area (Å²) in [6.07, 6.45) is 4.11. The van der Waals surface area contributed by atoms with E-state index in [4.69, 9.17) is 10.2 Å². The molecule has 0 saturated heterocycles. The van der Waals surface area contributed by atoms with Crippen molar-refractivity contribution in [1.82, 2.24) is 0 Å². The lowest BCUT2D eigenvalue weighted by atomic mass is 10.2. The second kappa shape index (κ2) is 7.01. The molecular weight excluding hydrogens is 234 g/mol. The standard InChI is InChI=1S/C13H13NO4/c15-12(16)9-11(13(17)18)14-8-4-7-10-5-2-1-3-6-10/h1-8,11H,9H2,(H,15,16)(H,17,18)/b7-4+,14-8?/t11-/m0/s1. The number of hydrogen-bond acceptors (Lipinski definition) is 3. The van der Waals surface area contributed by atoms with E-state index in [0.29, 0.717) is 0 Å². The van der Waals surface area contributed by atoms with Gasteiger partial charge in [0.25, 0.3) is 0 Å². The third-order valence-electron chi connectivity index (χ3n) is 2.09. The van der Waals surface area contributed by atoms with Gasteiger partial charge in [0.15, 0.2) is 6.04 Å². The van der Waals surface area contributed by atoms with E-state index >= 15 is 0 Å². The van der Waals surface area contributed by atoms with E-state index < -0.39 is 24.4 Å². The number of rotatable bonds is 6. The van der Waals surface area contributed by atoms with Gasteiger partial charge in [-0.2, -0.15) is 0 Å². The first-order chi connectivity index (χ1) is 8.59. The lowest BCUT2D eigenvalue weighted by molar-refractivity contribution is -0.144. The van der Waals surface area contributed by atoms with Crippen molar-refractivity contribution in [2.24, 2.45) is 4.99 Å². The molecule has 0 bridgehead atoms. The average Bonchev–Trinajstić information content (AvgIpc) is 2.33. The summed E-state index contributed by atoms with van der Waals surface area (Å²) in [4.78, 5) is 24.8. The number of aliphatic carboxylic acids is 2. The highest BCUT2D eigenvalue weighted by Crippen LogP contribution is 2.01. The summed E-state index contributed by atoms with van der Waals surface area (Å²) in [7, 11) is 0. The predicted octanol–water partition coefficient (Wildman–Crippen LogP) is 1.70. The highest BCUT2D eigenvalue weighted by atomic mass is 16.4. The number of allylic oxidation sites excluding steroid dienone is 1. The van der Waals surface area contributed by atoms with Gasteiger partial charge in [0.2, 0.25) is 0 Å². The molecule has 0 heterocycles. The Morgan fingerprint density at radius 2 is 1.89 bits per heavy atom. The van der Waals surface area contributed by atoms with E-state index in [-0.39, 0.29) is 0 Å². The molecule has 1 aromatic rings. The van der Waals surface area contributed by atoms with Crippen molar-refractivity contribution in [3.8, 4) is 0 Å². The minimum Gasteiger partial charge on any atom is -0.481 e. The Morgan fingerprint density at radius 3 is 2.44 bits per heavy atom. The maximum absolute atomic E-state index is 10.7. The van der Waals surface area contributed by atoms with Gasteiger partial charge in [-0.1, -0.05) is 36.4 Å². The van der Waals surface area contributed by atoms with Crippen LogP contribution >= 0.6 is 0 Å². The summed E-state index contributed by atoms with van der Waals surface area (Å²) in [5.74, 6) is -2.44. The molecule has 0 saturated carbocycles. The van der Waals surface area contributed by atoms with Gasteiger partial charge in [0, 0.05) is 6.21 Å². The van der Waals surface area contributed by atoms with Crippen molar-refractivity contribution in [3.05, 3.63) is 42.0 Å². The summed E-state index contributed by atoms with van der Waals surface area (Å²) in [6.45, 7) is 0. The van der Waals surface area contributed by atoms with Crippen LogP contribution in [-0.4, -0.2) is 34.4 Å². The second-order valence-corrected chi connectivity index (χ2v) is 3.52. The molecule has 2 N–H and O–H groups in total. The normalized spacial score (nSPS) is 12.9. The molecule has 0 aliphatic rings. The Hall–Kier alpha value is -2.43. The summed E-state index contributed by atoms with van der Waals surface area (Å²) in [5.41, 5.74) is 0.953. The summed E-state index contributed by atoms with van der Waals surface area (Å²) in [6, 6.07) is 8.16. The zero-order chi connectivity index (χ0) is 13.4. The van der Waals surface area contributed by atoms with E-state index in [1.165, 1.54) is 6.21 Å². The van der Waals surface area contributed by atoms with Crippen LogP contribution in [0.4, 0.5) is 0 Å². The minimum absolute atomic E-state index is 0.523. The zero-order valence-corrected chi connectivity index (χ0v) is 9.56. The van der Waals surface area contributed by atoms with Gasteiger partial charge in [0.05, 0.1) is 6.42 Å². The van der Waals surface area contributed by atoms with Gasteiger partial charge in [-0.05, 0) is 11.6 Å². The zero-order valence-electron chi connectivity index (χ0n) is 9.56. The van der Waals surface area contributed by atoms with Crippen LogP contribution in [0.5, 0.6) is 0 Å². The van der Waals surface area contributed by atoms with Crippen LogP contribution in [0.1, 0.15) is 12.0 Å². The molecule has 0 unspecified atom stereocenters. The average molecular weight is 247 g/mol. The quantitative estimate of drug-likeness (QED) is 0.749. The monoisotopic (exact) mass is 247 g/mol. The highest BCUT2D eigenvalue weighted by Gasteiger charge is 2.18. The van der Waals surface area contributed by atoms with Gasteiger partial charge in [0.1, 0.15) is 0 Å². The van der Waals surface area contributed by atoms with E-state index in [1.807, 2.05) is 30.3 Å². The molecule has 0 radical (unpaired) electrons. The van der Waals surface area contributed by atoms with Crippen LogP contribution in [0.25, 0.3) is 6.08 Å². The van der Waals surface area contributed by atoms with Crippen LogP contribution in [0.2, 0.25) is 0 Å². The number of hydrogen-bond donors (Lipinski definition) is 2. The van der Waals surface area contributed by atoms with Crippen molar-refractivity contribution >= 4 is 24.2 Å². The molecule has 1 rings (SSSR count). The molecule has 0 aliphatic heterocycles. The van der Waals surface area contributed by atoms with Gasteiger partial charge in [-0.3, -0.25) is 9.79 Å². The smallest absolute Gasteiger partial charge is 0.329 e. The molecule has 0 amide bonds. The summed E-state index contributed by atoms with van der Waals surface area (Å²) >= 11 is 0. The number of carboxylic acids is 2. The third-order valence-corrected chi connectivity index (χ3v) is 2.09.